The standard InChI is InChI=1S/C17H25N3O2/c1-12-5-8-18-14(11-12)19-15(21)13-6-9-20(10-7-13)16(22)17(2,3)4/h5,8,11,13H,6-7,9-10H2,1-4H3,(H,18,19,21). The van der Waals surface area contributed by atoms with Crippen LogP contribution in [0, 0.1) is 18.3 Å². The minimum atomic E-state index is -0.361. The number of nitrogens with zero attached hydrogens (tertiary/aromatic N) is 2. The van der Waals surface area contributed by atoms with E-state index in [4.69, 9.17) is 0 Å². The molecule has 0 bridgehead atoms. The number of carbonyl (C=O) groups is 2. The zero-order chi connectivity index (χ0) is 16.3. The van der Waals surface area contributed by atoms with Gasteiger partial charge in [-0.1, -0.05) is 20.8 Å². The van der Waals surface area contributed by atoms with Crippen molar-refractivity contribution >= 4 is 17.6 Å². The lowest BCUT2D eigenvalue weighted by Crippen LogP contribution is -2.45. The Balaban J connectivity index is 1.89. The summed E-state index contributed by atoms with van der Waals surface area (Å²) in [5.41, 5.74) is 0.705. The van der Waals surface area contributed by atoms with Crippen molar-refractivity contribution in [1.29, 1.82) is 0 Å². The van der Waals surface area contributed by atoms with Crippen LogP contribution >= 0.6 is 0 Å². The zero-order valence-electron chi connectivity index (χ0n) is 13.8. The molecular weight excluding hydrogens is 278 g/mol. The molecule has 1 aromatic rings. The first-order valence-corrected chi connectivity index (χ1v) is 7.80. The molecule has 0 spiro atoms. The molecule has 1 N–H and O–H groups in total. The van der Waals surface area contributed by atoms with Crippen molar-refractivity contribution in [2.24, 2.45) is 11.3 Å². The molecule has 2 amide bonds. The number of aromatic nitrogens is 1. The van der Waals surface area contributed by atoms with E-state index in [0.717, 1.165) is 5.56 Å². The van der Waals surface area contributed by atoms with Crippen molar-refractivity contribution in [3.8, 4) is 0 Å². The number of hydrogen-bond acceptors (Lipinski definition) is 3. The predicted octanol–water partition coefficient (Wildman–Crippen LogP) is 2.61. The number of pyridine rings is 1. The highest BCUT2D eigenvalue weighted by Crippen LogP contribution is 2.24. The summed E-state index contributed by atoms with van der Waals surface area (Å²) >= 11 is 0. The molecule has 0 atom stereocenters. The summed E-state index contributed by atoms with van der Waals surface area (Å²) in [6.07, 6.45) is 3.11. The van der Waals surface area contributed by atoms with Crippen LogP contribution in [-0.2, 0) is 9.59 Å². The van der Waals surface area contributed by atoms with Crippen molar-refractivity contribution in [1.82, 2.24) is 9.88 Å². The molecule has 0 saturated carbocycles. The molecule has 1 aliphatic rings. The quantitative estimate of drug-likeness (QED) is 0.913. The molecule has 1 saturated heterocycles. The van der Waals surface area contributed by atoms with Gasteiger partial charge in [-0.05, 0) is 37.5 Å². The number of aryl methyl sites for hydroxylation is 1. The average molecular weight is 303 g/mol. The lowest BCUT2D eigenvalue weighted by molar-refractivity contribution is -0.142. The number of nitrogens with one attached hydrogen (secondary N) is 1. The number of rotatable bonds is 2. The minimum absolute atomic E-state index is 0.000887. The van der Waals surface area contributed by atoms with E-state index in [2.05, 4.69) is 10.3 Å². The summed E-state index contributed by atoms with van der Waals surface area (Å²) in [5, 5.41) is 2.87. The van der Waals surface area contributed by atoms with Crippen molar-refractivity contribution in [3.05, 3.63) is 23.9 Å². The number of piperidine rings is 1. The van der Waals surface area contributed by atoms with Crippen LogP contribution in [0.15, 0.2) is 18.3 Å². The van der Waals surface area contributed by atoms with Crippen molar-refractivity contribution in [2.75, 3.05) is 18.4 Å². The highest BCUT2D eigenvalue weighted by atomic mass is 16.2. The first-order chi connectivity index (χ1) is 10.3. The van der Waals surface area contributed by atoms with Gasteiger partial charge in [-0.2, -0.15) is 0 Å². The summed E-state index contributed by atoms with van der Waals surface area (Å²) in [4.78, 5) is 30.6. The second-order valence-electron chi connectivity index (χ2n) is 7.02. The van der Waals surface area contributed by atoms with Crippen LogP contribution < -0.4 is 5.32 Å². The van der Waals surface area contributed by atoms with Gasteiger partial charge >= 0.3 is 0 Å². The molecule has 22 heavy (non-hydrogen) atoms. The van der Waals surface area contributed by atoms with Crippen LogP contribution in [0.25, 0.3) is 0 Å². The Morgan fingerprint density at radius 1 is 1.27 bits per heavy atom. The van der Waals surface area contributed by atoms with Gasteiger partial charge in [0.2, 0.25) is 11.8 Å². The molecule has 1 aromatic heterocycles. The lowest BCUT2D eigenvalue weighted by Gasteiger charge is -2.35. The Morgan fingerprint density at radius 2 is 1.91 bits per heavy atom. The van der Waals surface area contributed by atoms with Gasteiger partial charge in [-0.3, -0.25) is 9.59 Å². The summed E-state index contributed by atoms with van der Waals surface area (Å²) in [6.45, 7) is 9.05. The molecule has 120 valence electrons. The highest BCUT2D eigenvalue weighted by Gasteiger charge is 2.32. The fourth-order valence-corrected chi connectivity index (χ4v) is 2.65. The van der Waals surface area contributed by atoms with Crippen LogP contribution in [0.2, 0.25) is 0 Å². The Morgan fingerprint density at radius 3 is 2.45 bits per heavy atom. The number of carbonyl (C=O) groups excluding carboxylic acids is 2. The van der Waals surface area contributed by atoms with Gasteiger partial charge < -0.3 is 10.2 Å². The maximum absolute atomic E-state index is 12.3. The third-order valence-corrected chi connectivity index (χ3v) is 3.96. The molecule has 1 aliphatic heterocycles. The number of amides is 2. The SMILES string of the molecule is Cc1ccnc(NC(=O)C2CCN(C(=O)C(C)(C)C)CC2)c1. The van der Waals surface area contributed by atoms with Gasteiger partial charge in [0.15, 0.2) is 0 Å². The van der Waals surface area contributed by atoms with Crippen LogP contribution in [-0.4, -0.2) is 34.8 Å². The Bertz CT molecular complexity index is 555. The fraction of sp³-hybridized carbons (Fsp3) is 0.588. The van der Waals surface area contributed by atoms with Gasteiger partial charge in [0, 0.05) is 30.6 Å². The van der Waals surface area contributed by atoms with E-state index in [-0.39, 0.29) is 23.1 Å². The van der Waals surface area contributed by atoms with Crippen molar-refractivity contribution in [2.45, 2.75) is 40.5 Å². The van der Waals surface area contributed by atoms with Crippen LogP contribution in [0.4, 0.5) is 5.82 Å². The van der Waals surface area contributed by atoms with Crippen LogP contribution in [0.1, 0.15) is 39.2 Å². The first-order valence-electron chi connectivity index (χ1n) is 7.80. The molecule has 5 nitrogen and oxygen atoms in total. The van der Waals surface area contributed by atoms with E-state index >= 15 is 0 Å². The second-order valence-corrected chi connectivity index (χ2v) is 7.02. The second kappa shape index (κ2) is 6.46. The van der Waals surface area contributed by atoms with Crippen molar-refractivity contribution in [3.63, 3.8) is 0 Å². The van der Waals surface area contributed by atoms with Gasteiger partial charge in [0.05, 0.1) is 0 Å². The summed E-state index contributed by atoms with van der Waals surface area (Å²) in [5.74, 6) is 0.706. The largest absolute Gasteiger partial charge is 0.342 e. The van der Waals surface area contributed by atoms with E-state index in [1.54, 1.807) is 6.20 Å². The summed E-state index contributed by atoms with van der Waals surface area (Å²) in [7, 11) is 0. The molecule has 0 radical (unpaired) electrons. The predicted molar refractivity (Wildman–Crippen MR) is 86.4 cm³/mol. The third kappa shape index (κ3) is 4.06. The van der Waals surface area contributed by atoms with E-state index < -0.39 is 0 Å². The molecule has 0 aromatic carbocycles. The van der Waals surface area contributed by atoms with E-state index in [1.807, 2.05) is 44.7 Å². The maximum atomic E-state index is 12.3. The van der Waals surface area contributed by atoms with E-state index in [1.165, 1.54) is 0 Å². The zero-order valence-corrected chi connectivity index (χ0v) is 13.8. The number of hydrogen-bond donors (Lipinski definition) is 1. The first kappa shape index (κ1) is 16.5. The van der Waals surface area contributed by atoms with Crippen molar-refractivity contribution < 1.29 is 9.59 Å². The highest BCUT2D eigenvalue weighted by molar-refractivity contribution is 5.92. The molecule has 5 heteroatoms. The Hall–Kier alpha value is -1.91. The molecule has 1 fully saturated rings. The van der Waals surface area contributed by atoms with E-state index in [9.17, 15) is 9.59 Å². The summed E-state index contributed by atoms with van der Waals surface area (Å²) in [6, 6.07) is 3.75. The van der Waals surface area contributed by atoms with Crippen LogP contribution in [0.5, 0.6) is 0 Å². The normalized spacial score (nSPS) is 16.5. The van der Waals surface area contributed by atoms with E-state index in [0.29, 0.717) is 31.7 Å². The van der Waals surface area contributed by atoms with Gasteiger partial charge in [-0.25, -0.2) is 4.98 Å². The third-order valence-electron chi connectivity index (χ3n) is 3.96. The molecule has 2 rings (SSSR count). The lowest BCUT2D eigenvalue weighted by atomic mass is 9.90. The Kier molecular flexibility index (Phi) is 4.84. The van der Waals surface area contributed by atoms with Gasteiger partial charge in [-0.15, -0.1) is 0 Å². The fourth-order valence-electron chi connectivity index (χ4n) is 2.65. The molecular formula is C17H25N3O2. The minimum Gasteiger partial charge on any atom is -0.342 e. The topological polar surface area (TPSA) is 62.3 Å². The monoisotopic (exact) mass is 303 g/mol. The van der Waals surface area contributed by atoms with Gasteiger partial charge in [0.1, 0.15) is 5.82 Å². The molecule has 0 unspecified atom stereocenters. The smallest absolute Gasteiger partial charge is 0.228 e. The van der Waals surface area contributed by atoms with Crippen LogP contribution in [0.3, 0.4) is 0 Å². The number of likely N-dealkylation sites (tertiary alicyclic amines) is 1. The maximum Gasteiger partial charge on any atom is 0.228 e. The van der Waals surface area contributed by atoms with Gasteiger partial charge in [0.25, 0.3) is 0 Å². The molecule has 2 heterocycles. The summed E-state index contributed by atoms with van der Waals surface area (Å²) < 4.78 is 0. The Labute approximate surface area is 132 Å². The number of anilines is 1. The average Bonchev–Trinajstić information content (AvgIpc) is 2.45. The molecule has 0 aliphatic carbocycles.